The van der Waals surface area contributed by atoms with E-state index in [0.29, 0.717) is 19.3 Å². The molecule has 1 saturated carbocycles. The van der Waals surface area contributed by atoms with Crippen molar-refractivity contribution in [1.29, 1.82) is 0 Å². The van der Waals surface area contributed by atoms with Crippen molar-refractivity contribution in [3.63, 3.8) is 0 Å². The first-order valence-electron chi connectivity index (χ1n) is 12.1. The number of carbonyl (C=O) groups is 3. The Labute approximate surface area is 199 Å². The number of rotatable bonds is 10. The first-order chi connectivity index (χ1) is 16.5. The van der Waals surface area contributed by atoms with E-state index in [-0.39, 0.29) is 49.3 Å². The minimum atomic E-state index is -0.800. The largest absolute Gasteiger partial charge is 0.481 e. The number of hydrogen-bond acceptors (Lipinski definition) is 4. The molecule has 2 aliphatic rings. The molecule has 3 N–H and O–H groups in total. The molecule has 1 atom stereocenters. The highest BCUT2D eigenvalue weighted by molar-refractivity contribution is 5.80. The van der Waals surface area contributed by atoms with Crippen molar-refractivity contribution in [2.75, 3.05) is 13.2 Å². The Bertz CT molecular complexity index is 1000. The van der Waals surface area contributed by atoms with E-state index in [2.05, 4.69) is 34.9 Å². The summed E-state index contributed by atoms with van der Waals surface area (Å²) in [5.74, 6) is -1.12. The quantitative estimate of drug-likeness (QED) is 0.486. The van der Waals surface area contributed by atoms with Crippen molar-refractivity contribution >= 4 is 18.0 Å². The maximum Gasteiger partial charge on any atom is 0.407 e. The van der Waals surface area contributed by atoms with Crippen LogP contribution in [0.25, 0.3) is 11.1 Å². The molecule has 180 valence electrons. The van der Waals surface area contributed by atoms with Gasteiger partial charge in [-0.2, -0.15) is 0 Å². The molecule has 0 saturated heterocycles. The van der Waals surface area contributed by atoms with Gasteiger partial charge in [0.1, 0.15) is 6.61 Å². The Hall–Kier alpha value is -3.35. The summed E-state index contributed by atoms with van der Waals surface area (Å²) < 4.78 is 5.58. The number of aliphatic carboxylic acids is 1. The maximum absolute atomic E-state index is 12.7. The number of hydrogen-bond donors (Lipinski definition) is 3. The van der Waals surface area contributed by atoms with Crippen molar-refractivity contribution in [2.24, 2.45) is 11.8 Å². The minimum absolute atomic E-state index is 0.00903. The Morgan fingerprint density at radius 1 is 1.03 bits per heavy atom. The molecule has 0 spiro atoms. The van der Waals surface area contributed by atoms with Gasteiger partial charge in [0.25, 0.3) is 0 Å². The molecule has 7 nitrogen and oxygen atoms in total. The highest BCUT2D eigenvalue weighted by Gasteiger charge is 2.33. The molecule has 1 unspecified atom stereocenters. The van der Waals surface area contributed by atoms with E-state index < -0.39 is 12.1 Å². The van der Waals surface area contributed by atoms with Gasteiger partial charge in [-0.1, -0.05) is 61.9 Å². The number of amides is 2. The number of benzene rings is 2. The Morgan fingerprint density at radius 2 is 1.65 bits per heavy atom. The second kappa shape index (κ2) is 10.7. The lowest BCUT2D eigenvalue weighted by Crippen LogP contribution is -2.48. The smallest absolute Gasteiger partial charge is 0.407 e. The summed E-state index contributed by atoms with van der Waals surface area (Å²) in [4.78, 5) is 36.0. The van der Waals surface area contributed by atoms with Crippen LogP contribution >= 0.6 is 0 Å². The monoisotopic (exact) mass is 464 g/mol. The van der Waals surface area contributed by atoms with Crippen molar-refractivity contribution in [2.45, 2.75) is 51.0 Å². The molecule has 2 aliphatic carbocycles. The lowest BCUT2D eigenvalue weighted by atomic mass is 9.78. The summed E-state index contributed by atoms with van der Waals surface area (Å²) in [6, 6.07) is 16.4. The molecular weight excluding hydrogens is 432 g/mol. The van der Waals surface area contributed by atoms with Gasteiger partial charge in [-0.15, -0.1) is 0 Å². The standard InChI is InChI=1S/C27H32N2O5/c1-2-7-18(26(32)29-19-12-17(13-19)14-25(30)31)15-28-27(33)34-16-24-22-10-5-3-8-20(22)21-9-4-6-11-23(21)24/h3-6,8-11,17-19,24H,2,7,12-16H2,1H3,(H,28,33)(H,29,32)(H,30,31). The molecule has 0 bridgehead atoms. The molecule has 2 amide bonds. The number of carbonyl (C=O) groups excluding carboxylic acids is 2. The maximum atomic E-state index is 12.7. The average Bonchev–Trinajstić information content (AvgIpc) is 3.12. The van der Waals surface area contributed by atoms with Crippen LogP contribution in [0.5, 0.6) is 0 Å². The van der Waals surface area contributed by atoms with E-state index in [1.807, 2.05) is 31.2 Å². The third kappa shape index (κ3) is 5.41. The third-order valence-corrected chi connectivity index (χ3v) is 6.89. The van der Waals surface area contributed by atoms with Crippen LogP contribution in [0.1, 0.15) is 56.1 Å². The third-order valence-electron chi connectivity index (χ3n) is 6.89. The fourth-order valence-electron chi connectivity index (χ4n) is 5.12. The van der Waals surface area contributed by atoms with Gasteiger partial charge >= 0.3 is 12.1 Å². The number of alkyl carbamates (subject to hydrolysis) is 1. The molecule has 34 heavy (non-hydrogen) atoms. The van der Waals surface area contributed by atoms with Crippen LogP contribution in [0, 0.1) is 11.8 Å². The SMILES string of the molecule is CCCC(CNC(=O)OCC1c2ccccc2-c2ccccc21)C(=O)NC1CC(CC(=O)O)C1. The second-order valence-electron chi connectivity index (χ2n) is 9.33. The fourth-order valence-corrected chi connectivity index (χ4v) is 5.12. The summed E-state index contributed by atoms with van der Waals surface area (Å²) in [5, 5.41) is 14.6. The van der Waals surface area contributed by atoms with E-state index in [0.717, 1.165) is 17.5 Å². The van der Waals surface area contributed by atoms with E-state index in [1.165, 1.54) is 11.1 Å². The van der Waals surface area contributed by atoms with Gasteiger partial charge in [0.15, 0.2) is 0 Å². The molecule has 4 rings (SSSR count). The zero-order valence-electron chi connectivity index (χ0n) is 19.5. The van der Waals surface area contributed by atoms with Gasteiger partial charge in [0.05, 0.1) is 5.92 Å². The Morgan fingerprint density at radius 3 is 2.24 bits per heavy atom. The predicted molar refractivity (Wildman–Crippen MR) is 128 cm³/mol. The zero-order chi connectivity index (χ0) is 24.1. The van der Waals surface area contributed by atoms with Crippen LogP contribution < -0.4 is 10.6 Å². The van der Waals surface area contributed by atoms with Crippen LogP contribution in [0.4, 0.5) is 4.79 Å². The lowest BCUT2D eigenvalue weighted by molar-refractivity contribution is -0.139. The summed E-state index contributed by atoms with van der Waals surface area (Å²) in [6.45, 7) is 2.44. The minimum Gasteiger partial charge on any atom is -0.481 e. The zero-order valence-corrected chi connectivity index (χ0v) is 19.5. The molecule has 0 heterocycles. The number of nitrogens with one attached hydrogen (secondary N) is 2. The summed E-state index contributed by atoms with van der Waals surface area (Å²) in [5.41, 5.74) is 4.66. The van der Waals surface area contributed by atoms with Crippen LogP contribution in [0.2, 0.25) is 0 Å². The number of carboxylic acid groups (broad SMARTS) is 1. The van der Waals surface area contributed by atoms with Crippen molar-refractivity contribution in [1.82, 2.24) is 10.6 Å². The lowest BCUT2D eigenvalue weighted by Gasteiger charge is -2.35. The molecule has 1 fully saturated rings. The van der Waals surface area contributed by atoms with E-state index in [9.17, 15) is 14.4 Å². The van der Waals surface area contributed by atoms with Gasteiger partial charge in [-0.05, 0) is 47.4 Å². The number of ether oxygens (including phenoxy) is 1. The van der Waals surface area contributed by atoms with E-state index in [4.69, 9.17) is 9.84 Å². The van der Waals surface area contributed by atoms with Crippen molar-refractivity contribution in [3.8, 4) is 11.1 Å². The summed E-state index contributed by atoms with van der Waals surface area (Å²) >= 11 is 0. The van der Waals surface area contributed by atoms with Gasteiger partial charge in [-0.25, -0.2) is 4.79 Å². The Kier molecular flexibility index (Phi) is 7.50. The summed E-state index contributed by atoms with van der Waals surface area (Å²) in [6.07, 6.45) is 2.47. The van der Waals surface area contributed by atoms with Crippen molar-refractivity contribution < 1.29 is 24.2 Å². The highest BCUT2D eigenvalue weighted by atomic mass is 16.5. The van der Waals surface area contributed by atoms with E-state index in [1.54, 1.807) is 0 Å². The molecule has 2 aromatic carbocycles. The first-order valence-corrected chi connectivity index (χ1v) is 12.1. The van der Waals surface area contributed by atoms with E-state index >= 15 is 0 Å². The second-order valence-corrected chi connectivity index (χ2v) is 9.33. The molecule has 7 heteroatoms. The van der Waals surface area contributed by atoms with Gasteiger partial charge < -0.3 is 20.5 Å². The predicted octanol–water partition coefficient (Wildman–Crippen LogP) is 4.31. The number of fused-ring (bicyclic) bond motifs is 3. The Balaban J connectivity index is 1.26. The summed E-state index contributed by atoms with van der Waals surface area (Å²) in [7, 11) is 0. The highest BCUT2D eigenvalue weighted by Crippen LogP contribution is 2.44. The number of carboxylic acids is 1. The first kappa shape index (κ1) is 23.8. The van der Waals surface area contributed by atoms with Crippen LogP contribution in [-0.4, -0.2) is 42.3 Å². The van der Waals surface area contributed by atoms with Gasteiger partial charge in [-0.3, -0.25) is 9.59 Å². The van der Waals surface area contributed by atoms with Crippen LogP contribution in [0.15, 0.2) is 48.5 Å². The molecule has 0 radical (unpaired) electrons. The fraction of sp³-hybridized carbons (Fsp3) is 0.444. The normalized spacial score (nSPS) is 19.3. The van der Waals surface area contributed by atoms with Gasteiger partial charge in [0.2, 0.25) is 5.91 Å². The van der Waals surface area contributed by atoms with Crippen molar-refractivity contribution in [3.05, 3.63) is 59.7 Å². The molecular formula is C27H32N2O5. The van der Waals surface area contributed by atoms with Gasteiger partial charge in [0, 0.05) is 24.9 Å². The molecule has 2 aromatic rings. The van der Waals surface area contributed by atoms with Crippen LogP contribution in [-0.2, 0) is 14.3 Å². The topological polar surface area (TPSA) is 105 Å². The van der Waals surface area contributed by atoms with Crippen LogP contribution in [0.3, 0.4) is 0 Å². The molecule has 0 aromatic heterocycles. The average molecular weight is 465 g/mol. The molecule has 0 aliphatic heterocycles.